The van der Waals surface area contributed by atoms with Crippen molar-refractivity contribution in [2.45, 2.75) is 26.9 Å². The van der Waals surface area contributed by atoms with E-state index in [1.54, 1.807) is 23.6 Å². The van der Waals surface area contributed by atoms with Gasteiger partial charge < -0.3 is 9.67 Å². The molecule has 0 bridgehead atoms. The summed E-state index contributed by atoms with van der Waals surface area (Å²) in [6.45, 7) is 3.64. The van der Waals surface area contributed by atoms with Crippen molar-refractivity contribution in [2.24, 2.45) is 0 Å². The Morgan fingerprint density at radius 1 is 1.03 bits per heavy atom. The van der Waals surface area contributed by atoms with Crippen LogP contribution < -0.4 is 5.56 Å². The van der Waals surface area contributed by atoms with Crippen molar-refractivity contribution in [2.75, 3.05) is 0 Å². The van der Waals surface area contributed by atoms with Gasteiger partial charge in [-0.3, -0.25) is 14.6 Å². The van der Waals surface area contributed by atoms with Gasteiger partial charge in [0.1, 0.15) is 12.4 Å². The molecule has 34 heavy (non-hydrogen) atoms. The monoisotopic (exact) mass is 456 g/mol. The number of aryl methyl sites for hydroxylation is 1. The number of fused-ring (bicyclic) bond motifs is 2. The molecule has 0 unspecified atom stereocenters. The highest BCUT2D eigenvalue weighted by Crippen LogP contribution is 2.34. The molecule has 0 saturated carbocycles. The number of carbonyl (C=O) groups is 1. The smallest absolute Gasteiger partial charge is 0.323 e. The number of aliphatic carboxylic acids is 1. The molecule has 0 spiro atoms. The first-order valence-electron chi connectivity index (χ1n) is 10.8. The number of aromatic nitrogens is 4. The van der Waals surface area contributed by atoms with Gasteiger partial charge in [-0.25, -0.2) is 9.07 Å². The number of halogens is 1. The Labute approximate surface area is 193 Å². The summed E-state index contributed by atoms with van der Waals surface area (Å²) in [6, 6.07) is 16.9. The van der Waals surface area contributed by atoms with Crippen LogP contribution in [0.1, 0.15) is 17.0 Å². The van der Waals surface area contributed by atoms with Crippen LogP contribution in [0.4, 0.5) is 4.39 Å². The van der Waals surface area contributed by atoms with E-state index in [0.717, 1.165) is 22.2 Å². The number of para-hydroxylation sites is 1. The van der Waals surface area contributed by atoms with E-state index in [2.05, 4.69) is 10.1 Å². The Hall–Kier alpha value is -4.33. The molecule has 0 atom stereocenters. The molecular weight excluding hydrogens is 435 g/mol. The third-order valence-electron chi connectivity index (χ3n) is 5.95. The summed E-state index contributed by atoms with van der Waals surface area (Å²) < 4.78 is 17.1. The summed E-state index contributed by atoms with van der Waals surface area (Å²) in [6.07, 6.45) is 0. The largest absolute Gasteiger partial charge is 0.480 e. The van der Waals surface area contributed by atoms with Crippen LogP contribution in [0.15, 0.2) is 65.5 Å². The zero-order valence-electron chi connectivity index (χ0n) is 18.6. The molecule has 0 aliphatic rings. The first-order valence-corrected chi connectivity index (χ1v) is 10.8. The van der Waals surface area contributed by atoms with E-state index in [1.165, 1.54) is 22.9 Å². The van der Waals surface area contributed by atoms with E-state index in [9.17, 15) is 19.1 Å². The van der Waals surface area contributed by atoms with Gasteiger partial charge in [-0.05, 0) is 55.8 Å². The molecule has 3 heterocycles. The predicted octanol–water partition coefficient (Wildman–Crippen LogP) is 4.30. The third-order valence-corrected chi connectivity index (χ3v) is 5.95. The van der Waals surface area contributed by atoms with Crippen molar-refractivity contribution in [3.63, 3.8) is 0 Å². The summed E-state index contributed by atoms with van der Waals surface area (Å²) in [7, 11) is 0. The maximum atomic E-state index is 14.1. The maximum absolute atomic E-state index is 14.1. The average Bonchev–Trinajstić information content (AvgIpc) is 3.05. The van der Waals surface area contributed by atoms with Gasteiger partial charge in [-0.2, -0.15) is 5.10 Å². The van der Waals surface area contributed by atoms with Gasteiger partial charge >= 0.3 is 5.97 Å². The van der Waals surface area contributed by atoms with Crippen LogP contribution in [0.2, 0.25) is 0 Å². The van der Waals surface area contributed by atoms with Crippen LogP contribution in [0.25, 0.3) is 33.1 Å². The molecule has 3 aromatic heterocycles. The lowest BCUT2D eigenvalue weighted by atomic mass is 10.1. The van der Waals surface area contributed by atoms with E-state index in [1.807, 2.05) is 37.3 Å². The Morgan fingerprint density at radius 3 is 2.62 bits per heavy atom. The molecule has 8 heteroatoms. The van der Waals surface area contributed by atoms with E-state index >= 15 is 0 Å². The van der Waals surface area contributed by atoms with Crippen LogP contribution in [0, 0.1) is 19.7 Å². The fraction of sp³-hybridized carbons (Fsp3) is 0.154. The molecule has 170 valence electrons. The number of carboxylic acids is 1. The second-order valence-corrected chi connectivity index (χ2v) is 8.26. The molecule has 7 nitrogen and oxygen atoms in total. The van der Waals surface area contributed by atoms with Crippen molar-refractivity contribution >= 4 is 27.8 Å². The van der Waals surface area contributed by atoms with Crippen molar-refractivity contribution in [3.8, 4) is 11.3 Å². The number of benzene rings is 2. The molecule has 0 radical (unpaired) electrons. The predicted molar refractivity (Wildman–Crippen MR) is 127 cm³/mol. The van der Waals surface area contributed by atoms with Gasteiger partial charge in [0.05, 0.1) is 17.8 Å². The van der Waals surface area contributed by atoms with Gasteiger partial charge in [-0.1, -0.05) is 18.2 Å². The summed E-state index contributed by atoms with van der Waals surface area (Å²) in [5.41, 5.74) is 4.58. The van der Waals surface area contributed by atoms with Gasteiger partial charge in [0.25, 0.3) is 5.56 Å². The molecule has 0 aliphatic heterocycles. The summed E-state index contributed by atoms with van der Waals surface area (Å²) >= 11 is 0. The topological polar surface area (TPSA) is 90.0 Å². The van der Waals surface area contributed by atoms with Crippen LogP contribution in [-0.4, -0.2) is 30.4 Å². The average molecular weight is 456 g/mol. The van der Waals surface area contributed by atoms with Crippen LogP contribution in [0.5, 0.6) is 0 Å². The maximum Gasteiger partial charge on any atom is 0.323 e. The Kier molecular flexibility index (Phi) is 5.20. The van der Waals surface area contributed by atoms with Gasteiger partial charge in [0, 0.05) is 39.3 Å². The highest BCUT2D eigenvalue weighted by Gasteiger charge is 2.20. The standard InChI is InChI=1S/C26H21FN4O3/c1-15-11-17(19-5-3-4-6-21(19)28-15)13-31-24(32)10-8-22(29-31)26-16(2)30(14-25(33)34)23-9-7-18(27)12-20(23)26/h3-12H,13-14H2,1-2H3,(H,33,34). The minimum Gasteiger partial charge on any atom is -0.480 e. The number of hydrogen-bond acceptors (Lipinski definition) is 4. The lowest BCUT2D eigenvalue weighted by Gasteiger charge is -2.11. The number of hydrogen-bond donors (Lipinski definition) is 1. The van der Waals surface area contributed by atoms with Crippen LogP contribution >= 0.6 is 0 Å². The SMILES string of the molecule is Cc1cc(Cn2nc(-c3c(C)n(CC(=O)O)c4ccc(F)cc34)ccc2=O)c2ccccc2n1. The van der Waals surface area contributed by atoms with Gasteiger partial charge in [-0.15, -0.1) is 0 Å². The highest BCUT2D eigenvalue weighted by molar-refractivity contribution is 5.97. The molecule has 0 saturated heterocycles. The van der Waals surface area contributed by atoms with Crippen molar-refractivity contribution in [1.29, 1.82) is 0 Å². The van der Waals surface area contributed by atoms with E-state index in [0.29, 0.717) is 27.9 Å². The second-order valence-electron chi connectivity index (χ2n) is 8.26. The molecule has 2 aromatic carbocycles. The summed E-state index contributed by atoms with van der Waals surface area (Å²) in [5.74, 6) is -1.44. The normalized spacial score (nSPS) is 11.4. The van der Waals surface area contributed by atoms with Crippen molar-refractivity contribution in [1.82, 2.24) is 19.3 Å². The number of rotatable bonds is 5. The Morgan fingerprint density at radius 2 is 1.82 bits per heavy atom. The molecular formula is C26H21FN4O3. The van der Waals surface area contributed by atoms with E-state index < -0.39 is 11.8 Å². The van der Waals surface area contributed by atoms with Gasteiger partial charge in [0.2, 0.25) is 0 Å². The van der Waals surface area contributed by atoms with Crippen LogP contribution in [-0.2, 0) is 17.9 Å². The molecule has 0 fully saturated rings. The first-order chi connectivity index (χ1) is 16.3. The summed E-state index contributed by atoms with van der Waals surface area (Å²) in [5, 5.41) is 15.5. The summed E-state index contributed by atoms with van der Waals surface area (Å²) in [4.78, 5) is 28.7. The zero-order valence-corrected chi connectivity index (χ0v) is 18.6. The lowest BCUT2D eigenvalue weighted by molar-refractivity contribution is -0.137. The quantitative estimate of drug-likeness (QED) is 0.426. The number of nitrogens with zero attached hydrogens (tertiary/aromatic N) is 4. The van der Waals surface area contributed by atoms with Crippen LogP contribution in [0.3, 0.4) is 0 Å². The minimum absolute atomic E-state index is 0.234. The van der Waals surface area contributed by atoms with Gasteiger partial charge in [0.15, 0.2) is 0 Å². The molecule has 0 amide bonds. The fourth-order valence-corrected chi connectivity index (χ4v) is 4.50. The van der Waals surface area contributed by atoms with E-state index in [-0.39, 0.29) is 18.6 Å². The fourth-order valence-electron chi connectivity index (χ4n) is 4.50. The molecule has 5 rings (SSSR count). The lowest BCUT2D eigenvalue weighted by Crippen LogP contribution is -2.23. The first kappa shape index (κ1) is 21.5. The van der Waals surface area contributed by atoms with Crippen molar-refractivity contribution < 1.29 is 14.3 Å². The zero-order chi connectivity index (χ0) is 24.0. The Balaban J connectivity index is 1.68. The van der Waals surface area contributed by atoms with E-state index in [4.69, 9.17) is 0 Å². The number of carboxylic acid groups (broad SMARTS) is 1. The third kappa shape index (κ3) is 3.73. The minimum atomic E-state index is -1.01. The molecule has 1 N–H and O–H groups in total. The molecule has 0 aliphatic carbocycles. The second kappa shape index (κ2) is 8.22. The number of pyridine rings is 1. The highest BCUT2D eigenvalue weighted by atomic mass is 19.1. The molecule has 5 aromatic rings. The van der Waals surface area contributed by atoms with Crippen molar-refractivity contribution in [3.05, 3.63) is 93.8 Å². The Bertz CT molecular complexity index is 1650.